The number of hydrogen-bond donors (Lipinski definition) is 2. The number of hydrogen-bond acceptors (Lipinski definition) is 5. The van der Waals surface area contributed by atoms with Crippen LogP contribution in [-0.4, -0.2) is 60.0 Å². The van der Waals surface area contributed by atoms with Crippen LogP contribution in [0.5, 0.6) is 0 Å². The van der Waals surface area contributed by atoms with Crippen LogP contribution in [0.4, 0.5) is 14.5 Å². The average Bonchev–Trinajstić information content (AvgIpc) is 3.34. The summed E-state index contributed by atoms with van der Waals surface area (Å²) in [5.41, 5.74) is 0.986. The van der Waals surface area contributed by atoms with Gasteiger partial charge in [-0.05, 0) is 36.8 Å². The van der Waals surface area contributed by atoms with Crippen molar-refractivity contribution in [3.05, 3.63) is 69.9 Å². The van der Waals surface area contributed by atoms with Gasteiger partial charge in [-0.3, -0.25) is 14.5 Å². The number of pyridine rings is 2. The molecule has 0 spiro atoms. The lowest BCUT2D eigenvalue weighted by Gasteiger charge is -2.39. The standard InChI is InChI=1S/C25H27F2N5O2/c1-28-25(34)23-20(27)13-18(14-29-23)32-9-7-31(8-10-32)17-6-5-15(11-17)21-12-16-3-2-4-19(26)22(16)24(33)30-21/h2-4,12-15,17H,5-11H2,1H3,(H,28,34)(H,30,33). The number of H-pyrrole nitrogens is 1. The number of aromatic nitrogens is 2. The second-order valence-electron chi connectivity index (χ2n) is 9.05. The summed E-state index contributed by atoms with van der Waals surface area (Å²) in [6.07, 6.45) is 4.49. The quantitative estimate of drug-likeness (QED) is 0.617. The van der Waals surface area contributed by atoms with Crippen LogP contribution in [-0.2, 0) is 0 Å². The fraction of sp³-hybridized carbons (Fsp3) is 0.400. The summed E-state index contributed by atoms with van der Waals surface area (Å²) >= 11 is 0. The van der Waals surface area contributed by atoms with Crippen LogP contribution >= 0.6 is 0 Å². The highest BCUT2D eigenvalue weighted by Gasteiger charge is 2.33. The number of rotatable bonds is 4. The Balaban J connectivity index is 1.22. The van der Waals surface area contributed by atoms with Crippen molar-refractivity contribution in [3.8, 4) is 0 Å². The van der Waals surface area contributed by atoms with Gasteiger partial charge in [0.1, 0.15) is 5.82 Å². The summed E-state index contributed by atoms with van der Waals surface area (Å²) < 4.78 is 28.3. The highest BCUT2D eigenvalue weighted by Crippen LogP contribution is 2.37. The highest BCUT2D eigenvalue weighted by atomic mass is 19.1. The number of anilines is 1. The molecule has 1 saturated carbocycles. The first-order chi connectivity index (χ1) is 16.4. The van der Waals surface area contributed by atoms with Gasteiger partial charge in [0.2, 0.25) is 0 Å². The molecule has 1 aliphatic heterocycles. The van der Waals surface area contributed by atoms with Crippen molar-refractivity contribution in [2.24, 2.45) is 0 Å². The maximum atomic E-state index is 14.3. The molecular weight excluding hydrogens is 440 g/mol. The lowest BCUT2D eigenvalue weighted by molar-refractivity contribution is 0.0953. The summed E-state index contributed by atoms with van der Waals surface area (Å²) in [7, 11) is 1.45. The third kappa shape index (κ3) is 4.16. The van der Waals surface area contributed by atoms with Crippen molar-refractivity contribution in [2.45, 2.75) is 31.2 Å². The van der Waals surface area contributed by atoms with E-state index in [1.807, 2.05) is 6.07 Å². The first-order valence-corrected chi connectivity index (χ1v) is 11.6. The van der Waals surface area contributed by atoms with Gasteiger partial charge >= 0.3 is 0 Å². The van der Waals surface area contributed by atoms with Gasteiger partial charge in [-0.1, -0.05) is 12.1 Å². The van der Waals surface area contributed by atoms with Gasteiger partial charge in [0.05, 0.1) is 17.3 Å². The number of fused-ring (bicyclic) bond motifs is 1. The summed E-state index contributed by atoms with van der Waals surface area (Å²) in [4.78, 5) is 35.6. The minimum atomic E-state index is -0.623. The highest BCUT2D eigenvalue weighted by molar-refractivity contribution is 5.92. The maximum absolute atomic E-state index is 14.3. The Morgan fingerprint density at radius 2 is 1.91 bits per heavy atom. The third-order valence-corrected chi connectivity index (χ3v) is 7.15. The molecule has 0 radical (unpaired) electrons. The molecule has 1 saturated heterocycles. The van der Waals surface area contributed by atoms with E-state index in [1.54, 1.807) is 18.3 Å². The molecule has 2 atom stereocenters. The molecule has 178 valence electrons. The van der Waals surface area contributed by atoms with Gasteiger partial charge in [0.25, 0.3) is 11.5 Å². The molecule has 9 heteroatoms. The van der Waals surface area contributed by atoms with Gasteiger partial charge in [0, 0.05) is 56.9 Å². The molecule has 1 aliphatic carbocycles. The van der Waals surface area contributed by atoms with Gasteiger partial charge in [0.15, 0.2) is 11.5 Å². The minimum Gasteiger partial charge on any atom is -0.368 e. The smallest absolute Gasteiger partial charge is 0.272 e. The number of halogens is 2. The fourth-order valence-electron chi connectivity index (χ4n) is 5.32. The van der Waals surface area contributed by atoms with Crippen molar-refractivity contribution in [3.63, 3.8) is 0 Å². The number of carbonyl (C=O) groups is 1. The van der Waals surface area contributed by atoms with E-state index >= 15 is 0 Å². The SMILES string of the molecule is CNC(=O)c1ncc(N2CCN(C3CCC(c4cc5cccc(F)c5c(=O)[nH]4)C3)CC2)cc1F. The van der Waals surface area contributed by atoms with Crippen LogP contribution in [0, 0.1) is 11.6 Å². The molecule has 2 aliphatic rings. The Labute approximate surface area is 195 Å². The van der Waals surface area contributed by atoms with Crippen LogP contribution in [0.15, 0.2) is 41.3 Å². The van der Waals surface area contributed by atoms with Crippen molar-refractivity contribution in [1.82, 2.24) is 20.2 Å². The molecule has 5 rings (SSSR count). The summed E-state index contributed by atoms with van der Waals surface area (Å²) in [6.45, 7) is 3.17. The monoisotopic (exact) mass is 467 g/mol. The summed E-state index contributed by atoms with van der Waals surface area (Å²) in [5.74, 6) is -1.42. The van der Waals surface area contributed by atoms with E-state index in [9.17, 15) is 18.4 Å². The van der Waals surface area contributed by atoms with E-state index in [0.29, 0.717) is 17.1 Å². The molecule has 2 unspecified atom stereocenters. The van der Waals surface area contributed by atoms with E-state index in [4.69, 9.17) is 0 Å². The Hall–Kier alpha value is -3.33. The van der Waals surface area contributed by atoms with E-state index < -0.39 is 17.5 Å². The topological polar surface area (TPSA) is 81.3 Å². The molecule has 34 heavy (non-hydrogen) atoms. The molecule has 1 amide bonds. The molecule has 3 aromatic rings. The second kappa shape index (κ2) is 9.13. The zero-order valence-electron chi connectivity index (χ0n) is 19.0. The van der Waals surface area contributed by atoms with Crippen LogP contribution in [0.25, 0.3) is 10.8 Å². The van der Waals surface area contributed by atoms with Crippen molar-refractivity contribution in [1.29, 1.82) is 0 Å². The van der Waals surface area contributed by atoms with Crippen molar-refractivity contribution >= 4 is 22.4 Å². The molecule has 0 bridgehead atoms. The molecule has 2 N–H and O–H groups in total. The number of nitrogens with zero attached hydrogens (tertiary/aromatic N) is 3. The van der Waals surface area contributed by atoms with Crippen LogP contribution in [0.1, 0.15) is 41.4 Å². The second-order valence-corrected chi connectivity index (χ2v) is 9.05. The lowest BCUT2D eigenvalue weighted by atomic mass is 10.00. The predicted molar refractivity (Wildman–Crippen MR) is 126 cm³/mol. The fourth-order valence-corrected chi connectivity index (χ4v) is 5.32. The largest absolute Gasteiger partial charge is 0.368 e. The molecule has 3 heterocycles. The molecule has 2 aromatic heterocycles. The number of piperazine rings is 1. The first kappa shape index (κ1) is 22.5. The minimum absolute atomic E-state index is 0.117. The van der Waals surface area contributed by atoms with Crippen molar-refractivity contribution < 1.29 is 13.6 Å². The summed E-state index contributed by atoms with van der Waals surface area (Å²) in [5, 5.41) is 3.14. The van der Waals surface area contributed by atoms with E-state index in [0.717, 1.165) is 51.1 Å². The number of benzene rings is 1. The first-order valence-electron chi connectivity index (χ1n) is 11.6. The Bertz CT molecular complexity index is 1290. The van der Waals surface area contributed by atoms with Gasteiger partial charge in [-0.25, -0.2) is 13.8 Å². The zero-order valence-corrected chi connectivity index (χ0v) is 19.0. The van der Waals surface area contributed by atoms with Crippen LogP contribution in [0.3, 0.4) is 0 Å². The third-order valence-electron chi connectivity index (χ3n) is 7.15. The summed E-state index contributed by atoms with van der Waals surface area (Å²) in [6, 6.07) is 8.41. The van der Waals surface area contributed by atoms with E-state index in [-0.39, 0.29) is 22.6 Å². The zero-order chi connectivity index (χ0) is 23.8. The molecule has 2 fully saturated rings. The van der Waals surface area contributed by atoms with Crippen LogP contribution in [0.2, 0.25) is 0 Å². The van der Waals surface area contributed by atoms with Crippen LogP contribution < -0.4 is 15.8 Å². The average molecular weight is 468 g/mol. The van der Waals surface area contributed by atoms with Gasteiger partial charge in [-0.15, -0.1) is 0 Å². The van der Waals surface area contributed by atoms with Crippen molar-refractivity contribution in [2.75, 3.05) is 38.1 Å². The Morgan fingerprint density at radius 1 is 1.12 bits per heavy atom. The van der Waals surface area contributed by atoms with E-state index in [2.05, 4.69) is 25.1 Å². The van der Waals surface area contributed by atoms with E-state index in [1.165, 1.54) is 19.2 Å². The number of nitrogens with one attached hydrogen (secondary N) is 2. The lowest BCUT2D eigenvalue weighted by Crippen LogP contribution is -2.49. The molecule has 7 nitrogen and oxygen atoms in total. The Morgan fingerprint density at radius 3 is 2.65 bits per heavy atom. The number of carbonyl (C=O) groups excluding carboxylic acids is 1. The van der Waals surface area contributed by atoms with Gasteiger partial charge in [-0.2, -0.15) is 0 Å². The van der Waals surface area contributed by atoms with Gasteiger partial charge < -0.3 is 15.2 Å². The number of amides is 1. The molecular formula is C25H27F2N5O2. The maximum Gasteiger partial charge on any atom is 0.272 e. The predicted octanol–water partition coefficient (Wildman–Crippen LogP) is 3.02. The Kier molecular flexibility index (Phi) is 6.03. The molecule has 1 aromatic carbocycles. The number of aromatic amines is 1. The normalized spacial score (nSPS) is 21.2.